The van der Waals surface area contributed by atoms with Gasteiger partial charge in [-0.05, 0) is 26.3 Å². The van der Waals surface area contributed by atoms with Crippen LogP contribution in [0.2, 0.25) is 0 Å². The van der Waals surface area contributed by atoms with Crippen LogP contribution in [0.3, 0.4) is 0 Å². The van der Waals surface area contributed by atoms with Gasteiger partial charge in [-0.3, -0.25) is 14.2 Å². The van der Waals surface area contributed by atoms with Gasteiger partial charge in [-0.2, -0.15) is 0 Å². The molecular formula is C26H27N5O3S3. The highest BCUT2D eigenvalue weighted by molar-refractivity contribution is 7.99. The molecule has 8 nitrogen and oxygen atoms in total. The van der Waals surface area contributed by atoms with E-state index < -0.39 is 0 Å². The molecule has 0 fully saturated rings. The number of nitrogens with zero attached hydrogens (tertiary/aromatic N) is 4. The predicted octanol–water partition coefficient (Wildman–Crippen LogP) is 5.77. The Kier molecular flexibility index (Phi) is 8.91. The van der Waals surface area contributed by atoms with E-state index in [-0.39, 0.29) is 24.1 Å². The van der Waals surface area contributed by atoms with Gasteiger partial charge in [0.1, 0.15) is 0 Å². The monoisotopic (exact) mass is 553 g/mol. The average Bonchev–Trinajstić information content (AvgIpc) is 3.58. The van der Waals surface area contributed by atoms with Gasteiger partial charge in [-0.25, -0.2) is 4.98 Å². The molecule has 11 heteroatoms. The number of anilines is 1. The second-order valence-corrected chi connectivity index (χ2v) is 11.0. The molecule has 1 N–H and O–H groups in total. The predicted molar refractivity (Wildman–Crippen MR) is 150 cm³/mol. The van der Waals surface area contributed by atoms with Crippen LogP contribution in [0.1, 0.15) is 23.1 Å². The molecule has 0 saturated heterocycles. The second kappa shape index (κ2) is 12.3. The third-order valence-electron chi connectivity index (χ3n) is 5.35. The normalized spacial score (nSPS) is 10.9. The first kappa shape index (κ1) is 26.8. The van der Waals surface area contributed by atoms with Crippen molar-refractivity contribution in [1.29, 1.82) is 0 Å². The molecule has 0 atom stereocenters. The van der Waals surface area contributed by atoms with Gasteiger partial charge < -0.3 is 10.1 Å². The van der Waals surface area contributed by atoms with Crippen molar-refractivity contribution in [3.8, 4) is 22.5 Å². The van der Waals surface area contributed by atoms with Crippen LogP contribution in [0, 0.1) is 13.8 Å². The van der Waals surface area contributed by atoms with Gasteiger partial charge in [0.15, 0.2) is 16.1 Å². The highest BCUT2D eigenvalue weighted by Gasteiger charge is 2.21. The summed E-state index contributed by atoms with van der Waals surface area (Å²) in [6.45, 7) is 10.7. The van der Waals surface area contributed by atoms with E-state index in [1.165, 1.54) is 33.5 Å². The van der Waals surface area contributed by atoms with Crippen molar-refractivity contribution in [2.75, 3.05) is 17.7 Å². The lowest BCUT2D eigenvalue weighted by molar-refractivity contribution is -0.142. The van der Waals surface area contributed by atoms with Crippen LogP contribution < -0.4 is 5.32 Å². The summed E-state index contributed by atoms with van der Waals surface area (Å²) in [6, 6.07) is 8.46. The van der Waals surface area contributed by atoms with E-state index in [0.29, 0.717) is 29.1 Å². The first-order valence-corrected chi connectivity index (χ1v) is 14.4. The van der Waals surface area contributed by atoms with Gasteiger partial charge in [0.05, 0.1) is 24.5 Å². The summed E-state index contributed by atoms with van der Waals surface area (Å²) >= 11 is 4.25. The van der Waals surface area contributed by atoms with Crippen LogP contribution >= 0.6 is 34.4 Å². The lowest BCUT2D eigenvalue weighted by Gasteiger charge is -2.10. The summed E-state index contributed by atoms with van der Waals surface area (Å²) in [5.74, 6) is 0.315. The fourth-order valence-electron chi connectivity index (χ4n) is 3.68. The zero-order valence-corrected chi connectivity index (χ0v) is 23.3. The maximum absolute atomic E-state index is 12.6. The molecule has 0 unspecified atom stereocenters. The number of allylic oxidation sites excluding steroid dienone is 1. The number of carbonyl (C=O) groups excluding carboxylic acids is 2. The van der Waals surface area contributed by atoms with Gasteiger partial charge in [0.25, 0.3) is 0 Å². The second-order valence-electron chi connectivity index (χ2n) is 8.11. The Morgan fingerprint density at radius 2 is 1.95 bits per heavy atom. The number of nitrogens with one attached hydrogen (secondary N) is 1. The summed E-state index contributed by atoms with van der Waals surface area (Å²) in [5.41, 5.74) is 5.05. The Morgan fingerprint density at radius 1 is 1.16 bits per heavy atom. The van der Waals surface area contributed by atoms with Crippen LogP contribution in [-0.4, -0.2) is 44.0 Å². The highest BCUT2D eigenvalue weighted by atomic mass is 32.2. The van der Waals surface area contributed by atoms with E-state index in [1.807, 2.05) is 4.57 Å². The number of ether oxygens (including phenoxy) is 1. The van der Waals surface area contributed by atoms with E-state index in [1.54, 1.807) is 29.7 Å². The summed E-state index contributed by atoms with van der Waals surface area (Å²) in [7, 11) is 0. The van der Waals surface area contributed by atoms with Crippen molar-refractivity contribution in [3.63, 3.8) is 0 Å². The van der Waals surface area contributed by atoms with Crippen molar-refractivity contribution in [2.45, 2.75) is 38.9 Å². The van der Waals surface area contributed by atoms with Crippen molar-refractivity contribution in [1.82, 2.24) is 19.7 Å². The Bertz CT molecular complexity index is 1410. The van der Waals surface area contributed by atoms with Gasteiger partial charge >= 0.3 is 5.97 Å². The number of benzene rings is 1. The largest absolute Gasteiger partial charge is 0.466 e. The van der Waals surface area contributed by atoms with Crippen molar-refractivity contribution >= 4 is 51.4 Å². The number of esters is 1. The van der Waals surface area contributed by atoms with E-state index in [9.17, 15) is 9.59 Å². The molecule has 0 aliphatic carbocycles. The fraction of sp³-hybridized carbons (Fsp3) is 0.269. The molecule has 37 heavy (non-hydrogen) atoms. The minimum absolute atomic E-state index is 0.0784. The number of rotatable bonds is 11. The van der Waals surface area contributed by atoms with Crippen LogP contribution in [0.15, 0.2) is 52.8 Å². The minimum atomic E-state index is -0.343. The van der Waals surface area contributed by atoms with Gasteiger partial charge in [0.2, 0.25) is 5.91 Å². The maximum Gasteiger partial charge on any atom is 0.311 e. The highest BCUT2D eigenvalue weighted by Crippen LogP contribution is 2.39. The number of hydrogen-bond donors (Lipinski definition) is 1. The summed E-state index contributed by atoms with van der Waals surface area (Å²) in [4.78, 5) is 29.7. The molecule has 0 radical (unpaired) electrons. The molecule has 3 aromatic heterocycles. The lowest BCUT2D eigenvalue weighted by atomic mass is 10.0. The Morgan fingerprint density at radius 3 is 2.68 bits per heavy atom. The van der Waals surface area contributed by atoms with Crippen LogP contribution in [0.5, 0.6) is 0 Å². The number of thiophene rings is 1. The summed E-state index contributed by atoms with van der Waals surface area (Å²) < 4.78 is 6.92. The molecular weight excluding hydrogens is 527 g/mol. The molecule has 0 bridgehead atoms. The third kappa shape index (κ3) is 6.54. The van der Waals surface area contributed by atoms with Gasteiger partial charge in [0, 0.05) is 33.3 Å². The van der Waals surface area contributed by atoms with Crippen molar-refractivity contribution < 1.29 is 14.3 Å². The number of thiazole rings is 1. The molecule has 1 aromatic carbocycles. The third-order valence-corrected chi connectivity index (χ3v) is 8.03. The van der Waals surface area contributed by atoms with E-state index in [0.717, 1.165) is 22.5 Å². The molecule has 4 rings (SSSR count). The van der Waals surface area contributed by atoms with Gasteiger partial charge in [-0.1, -0.05) is 47.7 Å². The van der Waals surface area contributed by atoms with Crippen LogP contribution in [-0.2, 0) is 27.3 Å². The standard InChI is InChI=1S/C26H27N5O3S3/c1-5-11-31-24(20-14-35-17(4)23(20)18-9-7-16(3)8-10-18)29-30-26(31)37-15-21(32)28-25-27-19(13-36-25)12-22(33)34-6-2/h5,7-10,13-14H,1,6,11-12,15H2,2-4H3,(H,27,28,32). The molecule has 4 aromatic rings. The van der Waals surface area contributed by atoms with E-state index in [2.05, 4.69) is 70.6 Å². The first-order chi connectivity index (χ1) is 17.9. The summed E-state index contributed by atoms with van der Waals surface area (Å²) in [5, 5.41) is 16.6. The quantitative estimate of drug-likeness (QED) is 0.143. The Balaban J connectivity index is 1.48. The number of aromatic nitrogens is 4. The molecule has 0 aliphatic heterocycles. The summed E-state index contributed by atoms with van der Waals surface area (Å²) in [6.07, 6.45) is 1.87. The molecule has 0 saturated carbocycles. The number of amides is 1. The first-order valence-electron chi connectivity index (χ1n) is 11.6. The molecule has 3 heterocycles. The minimum Gasteiger partial charge on any atom is -0.466 e. The van der Waals surface area contributed by atoms with E-state index >= 15 is 0 Å². The SMILES string of the molecule is C=CCn1c(SCC(=O)Nc2nc(CC(=O)OCC)cs2)nnc1-c1csc(C)c1-c1ccc(C)cc1. The number of hydrogen-bond acceptors (Lipinski definition) is 9. The molecule has 0 spiro atoms. The topological polar surface area (TPSA) is 99.0 Å². The lowest BCUT2D eigenvalue weighted by Crippen LogP contribution is -2.15. The van der Waals surface area contributed by atoms with Gasteiger partial charge in [-0.15, -0.1) is 39.4 Å². The van der Waals surface area contributed by atoms with Crippen LogP contribution in [0.25, 0.3) is 22.5 Å². The smallest absolute Gasteiger partial charge is 0.311 e. The Hall–Kier alpha value is -3.28. The average molecular weight is 554 g/mol. The molecule has 192 valence electrons. The number of carbonyl (C=O) groups is 2. The zero-order chi connectivity index (χ0) is 26.4. The van der Waals surface area contributed by atoms with Crippen molar-refractivity contribution in [2.24, 2.45) is 0 Å². The Labute approximate surface area is 227 Å². The fourth-order valence-corrected chi connectivity index (χ4v) is 6.02. The molecule has 1 amide bonds. The van der Waals surface area contributed by atoms with Crippen molar-refractivity contribution in [3.05, 3.63) is 63.8 Å². The molecule has 0 aliphatic rings. The maximum atomic E-state index is 12.6. The zero-order valence-electron chi connectivity index (χ0n) is 20.8. The van der Waals surface area contributed by atoms with E-state index in [4.69, 9.17) is 4.74 Å². The number of thioether (sulfide) groups is 1. The van der Waals surface area contributed by atoms with Crippen LogP contribution in [0.4, 0.5) is 5.13 Å². The number of aryl methyl sites for hydroxylation is 2.